The second-order valence-corrected chi connectivity index (χ2v) is 6.95. The van der Waals surface area contributed by atoms with Crippen molar-refractivity contribution >= 4 is 23.5 Å². The number of ether oxygens (including phenoxy) is 2. The molecule has 28 heavy (non-hydrogen) atoms. The summed E-state index contributed by atoms with van der Waals surface area (Å²) in [6.07, 6.45) is 0.525. The van der Waals surface area contributed by atoms with Gasteiger partial charge >= 0.3 is 5.97 Å². The summed E-state index contributed by atoms with van der Waals surface area (Å²) >= 11 is 0. The molecule has 1 aromatic rings. The van der Waals surface area contributed by atoms with Crippen molar-refractivity contribution in [3.05, 3.63) is 29.8 Å². The van der Waals surface area contributed by atoms with Gasteiger partial charge in [0.15, 0.2) is 0 Å². The van der Waals surface area contributed by atoms with E-state index in [9.17, 15) is 14.4 Å². The minimum atomic E-state index is -0.480. The molecule has 1 heterocycles. The lowest BCUT2D eigenvalue weighted by atomic mass is 10.1. The van der Waals surface area contributed by atoms with Crippen molar-refractivity contribution < 1.29 is 23.9 Å². The van der Waals surface area contributed by atoms with Crippen LogP contribution in [0, 0.1) is 11.8 Å². The molecular formula is C20H27N3O5. The molecule has 152 valence electrons. The maximum absolute atomic E-state index is 12.5. The van der Waals surface area contributed by atoms with E-state index in [1.165, 1.54) is 0 Å². The molecule has 0 aromatic heterocycles. The zero-order valence-electron chi connectivity index (χ0n) is 16.1. The van der Waals surface area contributed by atoms with Crippen molar-refractivity contribution in [3.8, 4) is 0 Å². The lowest BCUT2D eigenvalue weighted by Crippen LogP contribution is -2.41. The van der Waals surface area contributed by atoms with Crippen LogP contribution in [-0.2, 0) is 19.1 Å². The summed E-state index contributed by atoms with van der Waals surface area (Å²) in [5, 5.41) is 5.67. The monoisotopic (exact) mass is 389 g/mol. The van der Waals surface area contributed by atoms with Gasteiger partial charge in [-0.05, 0) is 25.5 Å². The second-order valence-electron chi connectivity index (χ2n) is 6.95. The first-order valence-corrected chi connectivity index (χ1v) is 9.75. The molecule has 1 aliphatic carbocycles. The van der Waals surface area contributed by atoms with Crippen LogP contribution in [0.3, 0.4) is 0 Å². The Balaban J connectivity index is 1.45. The largest absolute Gasteiger partial charge is 0.462 e. The van der Waals surface area contributed by atoms with Crippen LogP contribution in [-0.4, -0.2) is 68.7 Å². The molecule has 1 saturated heterocycles. The van der Waals surface area contributed by atoms with Gasteiger partial charge in [0.25, 0.3) is 0 Å². The summed E-state index contributed by atoms with van der Waals surface area (Å²) in [5.41, 5.74) is 0.717. The number of hydrogen-bond donors (Lipinski definition) is 2. The number of amides is 2. The predicted octanol–water partition coefficient (Wildman–Crippen LogP) is 0.886. The molecule has 2 amide bonds. The highest BCUT2D eigenvalue weighted by atomic mass is 16.5. The number of nitrogens with zero attached hydrogens (tertiary/aromatic N) is 1. The van der Waals surface area contributed by atoms with Gasteiger partial charge in [-0.15, -0.1) is 0 Å². The Morgan fingerprint density at radius 1 is 1.14 bits per heavy atom. The van der Waals surface area contributed by atoms with E-state index < -0.39 is 5.97 Å². The van der Waals surface area contributed by atoms with Gasteiger partial charge in [0.05, 0.1) is 42.9 Å². The molecule has 3 rings (SSSR count). The number of carbonyl (C=O) groups excluding carboxylic acids is 3. The molecule has 2 N–H and O–H groups in total. The Labute approximate surface area is 164 Å². The summed E-state index contributed by atoms with van der Waals surface area (Å²) in [6, 6.07) is 6.71. The highest BCUT2D eigenvalue weighted by Crippen LogP contribution is 2.39. The minimum absolute atomic E-state index is 0.0907. The Bertz CT molecular complexity index is 718. The van der Waals surface area contributed by atoms with E-state index in [1.54, 1.807) is 31.2 Å². The van der Waals surface area contributed by atoms with Crippen LogP contribution in [0.4, 0.5) is 5.69 Å². The molecule has 8 heteroatoms. The quantitative estimate of drug-likeness (QED) is 0.641. The molecule has 2 fully saturated rings. The van der Waals surface area contributed by atoms with Crippen LogP contribution in [0.5, 0.6) is 0 Å². The van der Waals surface area contributed by atoms with Crippen LogP contribution >= 0.6 is 0 Å². The maximum atomic E-state index is 12.5. The third-order valence-corrected chi connectivity index (χ3v) is 4.98. The van der Waals surface area contributed by atoms with Crippen molar-refractivity contribution in [2.45, 2.75) is 13.3 Å². The zero-order chi connectivity index (χ0) is 19.9. The fourth-order valence-corrected chi connectivity index (χ4v) is 3.27. The first-order valence-electron chi connectivity index (χ1n) is 9.75. The van der Waals surface area contributed by atoms with Crippen LogP contribution in [0.25, 0.3) is 0 Å². The van der Waals surface area contributed by atoms with Crippen LogP contribution in [0.1, 0.15) is 23.7 Å². The van der Waals surface area contributed by atoms with Gasteiger partial charge in [-0.3, -0.25) is 14.5 Å². The molecule has 0 bridgehead atoms. The third kappa shape index (κ3) is 5.30. The average Bonchev–Trinajstić information content (AvgIpc) is 3.50. The number of anilines is 1. The van der Waals surface area contributed by atoms with Crippen molar-refractivity contribution in [1.82, 2.24) is 10.2 Å². The van der Waals surface area contributed by atoms with E-state index in [0.717, 1.165) is 32.8 Å². The average molecular weight is 389 g/mol. The van der Waals surface area contributed by atoms with E-state index in [-0.39, 0.29) is 30.3 Å². The fourth-order valence-electron chi connectivity index (χ4n) is 3.27. The third-order valence-electron chi connectivity index (χ3n) is 4.98. The van der Waals surface area contributed by atoms with Crippen molar-refractivity contribution in [1.29, 1.82) is 0 Å². The van der Waals surface area contributed by atoms with E-state index in [4.69, 9.17) is 9.47 Å². The van der Waals surface area contributed by atoms with Gasteiger partial charge < -0.3 is 20.1 Å². The number of carbonyl (C=O) groups is 3. The van der Waals surface area contributed by atoms with Crippen molar-refractivity contribution in [3.63, 3.8) is 0 Å². The first-order chi connectivity index (χ1) is 13.6. The van der Waals surface area contributed by atoms with Gasteiger partial charge in [0, 0.05) is 26.2 Å². The summed E-state index contributed by atoms with van der Waals surface area (Å²) in [6.45, 7) is 6.55. The van der Waals surface area contributed by atoms with Gasteiger partial charge in [-0.25, -0.2) is 4.79 Å². The van der Waals surface area contributed by atoms with Crippen LogP contribution in [0.15, 0.2) is 24.3 Å². The summed E-state index contributed by atoms with van der Waals surface area (Å²) in [7, 11) is 0. The summed E-state index contributed by atoms with van der Waals surface area (Å²) in [5.74, 6) is -1.48. The molecular weight excluding hydrogens is 362 g/mol. The lowest BCUT2D eigenvalue weighted by Gasteiger charge is -2.26. The van der Waals surface area contributed by atoms with E-state index in [2.05, 4.69) is 15.5 Å². The highest BCUT2D eigenvalue weighted by molar-refractivity contribution is 6.04. The van der Waals surface area contributed by atoms with Gasteiger partial charge in [-0.2, -0.15) is 0 Å². The molecule has 2 aliphatic rings. The van der Waals surface area contributed by atoms with Crippen LogP contribution in [0.2, 0.25) is 0 Å². The smallest absolute Gasteiger partial charge is 0.340 e. The molecule has 1 aromatic carbocycles. The number of benzene rings is 1. The van der Waals surface area contributed by atoms with Gasteiger partial charge in [0.1, 0.15) is 0 Å². The predicted molar refractivity (Wildman–Crippen MR) is 103 cm³/mol. The normalized spacial score (nSPS) is 21.6. The van der Waals surface area contributed by atoms with Gasteiger partial charge in [0.2, 0.25) is 11.8 Å². The van der Waals surface area contributed by atoms with Crippen molar-refractivity contribution in [2.24, 2.45) is 11.8 Å². The van der Waals surface area contributed by atoms with E-state index in [1.807, 2.05) is 0 Å². The fraction of sp³-hybridized carbons (Fsp3) is 0.550. The molecule has 2 unspecified atom stereocenters. The highest BCUT2D eigenvalue weighted by Gasteiger charge is 2.48. The maximum Gasteiger partial charge on any atom is 0.340 e. The summed E-state index contributed by atoms with van der Waals surface area (Å²) in [4.78, 5) is 39.0. The molecule has 2 atom stereocenters. The molecule has 1 aliphatic heterocycles. The molecule has 1 saturated carbocycles. The number of para-hydroxylation sites is 1. The molecule has 8 nitrogen and oxygen atoms in total. The first kappa shape index (κ1) is 20.3. The Morgan fingerprint density at radius 3 is 2.61 bits per heavy atom. The van der Waals surface area contributed by atoms with Crippen LogP contribution < -0.4 is 10.6 Å². The Kier molecular flexibility index (Phi) is 7.00. The number of hydrogen-bond acceptors (Lipinski definition) is 6. The number of esters is 1. The van der Waals surface area contributed by atoms with Gasteiger partial charge in [-0.1, -0.05) is 12.1 Å². The lowest BCUT2D eigenvalue weighted by molar-refractivity contribution is -0.125. The number of morpholine rings is 1. The number of nitrogens with one attached hydrogen (secondary N) is 2. The zero-order valence-corrected chi connectivity index (χ0v) is 16.1. The molecule has 0 radical (unpaired) electrons. The second kappa shape index (κ2) is 9.66. The Hall–Kier alpha value is -2.45. The SMILES string of the molecule is CCOC(=O)c1ccccc1NC(=O)C1CC1C(=O)NCCN1CCOCC1. The summed E-state index contributed by atoms with van der Waals surface area (Å²) < 4.78 is 10.3. The van der Waals surface area contributed by atoms with Crippen molar-refractivity contribution in [2.75, 3.05) is 51.3 Å². The topological polar surface area (TPSA) is 97.0 Å². The number of rotatable bonds is 8. The van der Waals surface area contributed by atoms with E-state index >= 15 is 0 Å². The Morgan fingerprint density at radius 2 is 1.86 bits per heavy atom. The standard InChI is InChI=1S/C20H27N3O5/c1-2-28-20(26)14-5-3-4-6-17(14)22-19(25)16-13-15(16)18(24)21-7-8-23-9-11-27-12-10-23/h3-6,15-16H,2,7-13H2,1H3,(H,21,24)(H,22,25). The van der Waals surface area contributed by atoms with E-state index in [0.29, 0.717) is 24.2 Å². The molecule has 0 spiro atoms. The minimum Gasteiger partial charge on any atom is -0.462 e.